The molecule has 2 amide bonds. The largest absolute Gasteiger partial charge is 0.489 e. The molecule has 2 aromatic carbocycles. The van der Waals surface area contributed by atoms with Crippen LogP contribution in [0.3, 0.4) is 0 Å². The van der Waals surface area contributed by atoms with Gasteiger partial charge in [0.25, 0.3) is 5.91 Å². The predicted octanol–water partition coefficient (Wildman–Crippen LogP) is 3.58. The maximum Gasteiger partial charge on any atom is 0.251 e. The first-order chi connectivity index (χ1) is 13.5. The van der Waals surface area contributed by atoms with Crippen LogP contribution in [0.15, 0.2) is 79.9 Å². The summed E-state index contributed by atoms with van der Waals surface area (Å²) in [4.78, 5) is 26.5. The second kappa shape index (κ2) is 10.7. The number of nitrogens with one attached hydrogen (secondary N) is 1. The Hall–Kier alpha value is -3.34. The fraction of sp³-hybridized carbons (Fsp3) is 0.217. The molecule has 0 saturated carbocycles. The summed E-state index contributed by atoms with van der Waals surface area (Å²) in [5.41, 5.74) is 1.53. The lowest BCUT2D eigenvalue weighted by atomic mass is 10.2. The van der Waals surface area contributed by atoms with Crippen molar-refractivity contribution in [3.8, 4) is 5.75 Å². The Balaban J connectivity index is 1.91. The molecule has 1 unspecified atom stereocenters. The van der Waals surface area contributed by atoms with E-state index in [2.05, 4.69) is 18.5 Å². The van der Waals surface area contributed by atoms with E-state index >= 15 is 0 Å². The Morgan fingerprint density at radius 1 is 1.04 bits per heavy atom. The Kier molecular flexibility index (Phi) is 8.03. The molecule has 0 aliphatic carbocycles. The monoisotopic (exact) mass is 378 g/mol. The summed E-state index contributed by atoms with van der Waals surface area (Å²) in [7, 11) is 0. The normalized spacial score (nSPS) is 11.2. The summed E-state index contributed by atoms with van der Waals surface area (Å²) < 4.78 is 5.72. The summed E-state index contributed by atoms with van der Waals surface area (Å²) in [5, 5.41) is 2.73. The van der Waals surface area contributed by atoms with Crippen LogP contribution < -0.4 is 10.1 Å². The molecule has 0 heterocycles. The molecule has 1 atom stereocenters. The molecule has 0 fully saturated rings. The van der Waals surface area contributed by atoms with Crippen molar-refractivity contribution < 1.29 is 14.3 Å². The minimum Gasteiger partial charge on any atom is -0.489 e. The Morgan fingerprint density at radius 2 is 1.64 bits per heavy atom. The molecule has 0 saturated heterocycles. The third-order valence-electron chi connectivity index (χ3n) is 4.09. The fourth-order valence-corrected chi connectivity index (χ4v) is 2.63. The van der Waals surface area contributed by atoms with E-state index in [1.807, 2.05) is 30.3 Å². The number of amides is 2. The third kappa shape index (κ3) is 6.13. The van der Waals surface area contributed by atoms with Gasteiger partial charge in [-0.1, -0.05) is 42.5 Å². The highest BCUT2D eigenvalue weighted by atomic mass is 16.5. The van der Waals surface area contributed by atoms with Gasteiger partial charge in [0.2, 0.25) is 5.91 Å². The Morgan fingerprint density at radius 3 is 2.21 bits per heavy atom. The van der Waals surface area contributed by atoms with Crippen molar-refractivity contribution in [3.63, 3.8) is 0 Å². The maximum absolute atomic E-state index is 12.5. The van der Waals surface area contributed by atoms with Gasteiger partial charge in [-0.2, -0.15) is 0 Å². The van der Waals surface area contributed by atoms with E-state index in [0.717, 1.165) is 5.56 Å². The van der Waals surface area contributed by atoms with Gasteiger partial charge < -0.3 is 15.0 Å². The number of carbonyl (C=O) groups excluding carboxylic acids is 2. The Bertz CT molecular complexity index is 790. The molecular weight excluding hydrogens is 352 g/mol. The van der Waals surface area contributed by atoms with Crippen LogP contribution in [-0.2, 0) is 11.4 Å². The van der Waals surface area contributed by atoms with Gasteiger partial charge in [-0.05, 0) is 36.8 Å². The van der Waals surface area contributed by atoms with Gasteiger partial charge in [-0.25, -0.2) is 0 Å². The number of carbonyl (C=O) groups is 2. The maximum atomic E-state index is 12.5. The minimum atomic E-state index is -0.651. The van der Waals surface area contributed by atoms with Crippen LogP contribution in [0.1, 0.15) is 22.8 Å². The Labute approximate surface area is 166 Å². The van der Waals surface area contributed by atoms with Crippen LogP contribution in [-0.4, -0.2) is 35.8 Å². The standard InChI is InChI=1S/C23H26N2O3/c1-4-15-25(16-5-2)23(27)18(3)24-22(26)20-11-13-21(14-12-20)28-17-19-9-7-6-8-10-19/h4-14,18H,1-2,15-17H2,3H3,(H,24,26). The van der Waals surface area contributed by atoms with E-state index in [0.29, 0.717) is 31.0 Å². The molecule has 2 aromatic rings. The summed E-state index contributed by atoms with van der Waals surface area (Å²) in [5.74, 6) is 0.177. The highest BCUT2D eigenvalue weighted by Gasteiger charge is 2.21. The zero-order valence-electron chi connectivity index (χ0n) is 16.1. The zero-order valence-corrected chi connectivity index (χ0v) is 16.1. The lowest BCUT2D eigenvalue weighted by Crippen LogP contribution is -2.47. The highest BCUT2D eigenvalue weighted by Crippen LogP contribution is 2.14. The van der Waals surface area contributed by atoms with Crippen molar-refractivity contribution in [2.45, 2.75) is 19.6 Å². The second-order valence-electron chi connectivity index (χ2n) is 6.31. The predicted molar refractivity (Wildman–Crippen MR) is 111 cm³/mol. The fourth-order valence-electron chi connectivity index (χ4n) is 2.63. The second-order valence-corrected chi connectivity index (χ2v) is 6.31. The topological polar surface area (TPSA) is 58.6 Å². The van der Waals surface area contributed by atoms with Crippen LogP contribution in [0.2, 0.25) is 0 Å². The van der Waals surface area contributed by atoms with E-state index in [1.54, 1.807) is 48.2 Å². The molecule has 0 aliphatic heterocycles. The van der Waals surface area contributed by atoms with E-state index in [-0.39, 0.29) is 11.8 Å². The third-order valence-corrected chi connectivity index (χ3v) is 4.09. The van der Waals surface area contributed by atoms with Gasteiger partial charge in [-0.3, -0.25) is 9.59 Å². The number of hydrogen-bond donors (Lipinski definition) is 1. The smallest absolute Gasteiger partial charge is 0.251 e. The molecule has 0 aliphatic rings. The van der Waals surface area contributed by atoms with Gasteiger partial charge in [0.15, 0.2) is 0 Å². The quantitative estimate of drug-likeness (QED) is 0.643. The molecule has 146 valence electrons. The number of ether oxygens (including phenoxy) is 1. The molecule has 0 radical (unpaired) electrons. The van der Waals surface area contributed by atoms with Crippen molar-refractivity contribution in [1.29, 1.82) is 0 Å². The van der Waals surface area contributed by atoms with Gasteiger partial charge in [0, 0.05) is 18.7 Å². The molecule has 0 spiro atoms. The SMILES string of the molecule is C=CCN(CC=C)C(=O)C(C)NC(=O)c1ccc(OCc2ccccc2)cc1. The first-order valence-electron chi connectivity index (χ1n) is 9.13. The molecule has 2 rings (SSSR count). The molecule has 28 heavy (non-hydrogen) atoms. The van der Waals surface area contributed by atoms with E-state index in [1.165, 1.54) is 0 Å². The molecule has 5 heteroatoms. The van der Waals surface area contributed by atoms with E-state index < -0.39 is 6.04 Å². The zero-order chi connectivity index (χ0) is 20.4. The van der Waals surface area contributed by atoms with Crippen molar-refractivity contribution >= 4 is 11.8 Å². The average Bonchev–Trinajstić information content (AvgIpc) is 2.72. The summed E-state index contributed by atoms with van der Waals surface area (Å²) in [6.07, 6.45) is 3.29. The van der Waals surface area contributed by atoms with Gasteiger partial charge in [0.05, 0.1) is 0 Å². The van der Waals surface area contributed by atoms with Crippen molar-refractivity contribution in [2.75, 3.05) is 13.1 Å². The summed E-state index contributed by atoms with van der Waals surface area (Å²) in [6, 6.07) is 16.0. The van der Waals surface area contributed by atoms with Crippen LogP contribution in [0.5, 0.6) is 5.75 Å². The van der Waals surface area contributed by atoms with Crippen molar-refractivity contribution in [2.24, 2.45) is 0 Å². The molecule has 5 nitrogen and oxygen atoms in total. The van der Waals surface area contributed by atoms with Crippen molar-refractivity contribution in [1.82, 2.24) is 10.2 Å². The lowest BCUT2D eigenvalue weighted by Gasteiger charge is -2.23. The van der Waals surface area contributed by atoms with Crippen LogP contribution >= 0.6 is 0 Å². The van der Waals surface area contributed by atoms with Crippen LogP contribution in [0.4, 0.5) is 0 Å². The highest BCUT2D eigenvalue weighted by molar-refractivity contribution is 5.97. The lowest BCUT2D eigenvalue weighted by molar-refractivity contribution is -0.131. The van der Waals surface area contributed by atoms with Gasteiger partial charge in [0.1, 0.15) is 18.4 Å². The summed E-state index contributed by atoms with van der Waals surface area (Å²) in [6.45, 7) is 10.2. The van der Waals surface area contributed by atoms with Gasteiger partial charge >= 0.3 is 0 Å². The first-order valence-corrected chi connectivity index (χ1v) is 9.13. The van der Waals surface area contributed by atoms with E-state index in [9.17, 15) is 9.59 Å². The van der Waals surface area contributed by atoms with Crippen molar-refractivity contribution in [3.05, 3.63) is 91.0 Å². The van der Waals surface area contributed by atoms with Crippen LogP contribution in [0, 0.1) is 0 Å². The first kappa shape index (κ1) is 21.0. The van der Waals surface area contributed by atoms with E-state index in [4.69, 9.17) is 4.74 Å². The molecule has 0 aromatic heterocycles. The number of benzene rings is 2. The molecule has 1 N–H and O–H groups in total. The summed E-state index contributed by atoms with van der Waals surface area (Å²) >= 11 is 0. The average molecular weight is 378 g/mol. The number of rotatable bonds is 10. The van der Waals surface area contributed by atoms with Crippen LogP contribution in [0.25, 0.3) is 0 Å². The number of hydrogen-bond acceptors (Lipinski definition) is 3. The number of nitrogens with zero attached hydrogens (tertiary/aromatic N) is 1. The van der Waals surface area contributed by atoms with Gasteiger partial charge in [-0.15, -0.1) is 13.2 Å². The molecular formula is C23H26N2O3. The minimum absolute atomic E-state index is 0.184. The molecule has 0 bridgehead atoms.